The van der Waals surface area contributed by atoms with Gasteiger partial charge in [-0.15, -0.1) is 26.0 Å². The Morgan fingerprint density at radius 1 is 1.11 bits per heavy atom. The monoisotopic (exact) mass is 116 g/mol. The lowest BCUT2D eigenvalue weighted by molar-refractivity contribution is 0.908. The Kier molecular flexibility index (Phi) is 2.36. The molecule has 0 heterocycles. The summed E-state index contributed by atoms with van der Waals surface area (Å²) >= 11 is 0. The molecule has 0 aromatic carbocycles. The van der Waals surface area contributed by atoms with Crippen LogP contribution in [0.1, 0.15) is 0 Å². The summed E-state index contributed by atoms with van der Waals surface area (Å²) in [4.78, 5) is 0. The fourth-order valence-electron chi connectivity index (χ4n) is 0.361. The standard InChI is InChI=1S/C9H8/c1-5-9(6-2,7-3)8-4/h1-2,7-8H,3-4H2. The van der Waals surface area contributed by atoms with Gasteiger partial charge in [-0.1, -0.05) is 24.0 Å². The van der Waals surface area contributed by atoms with E-state index in [1.165, 1.54) is 12.2 Å². The third-order valence-electron chi connectivity index (χ3n) is 1.12. The average Bonchev–Trinajstić information content (AvgIpc) is 1.95. The van der Waals surface area contributed by atoms with Crippen LogP contribution in [-0.2, 0) is 0 Å². The lowest BCUT2D eigenvalue weighted by atomic mass is 9.91. The lowest BCUT2D eigenvalue weighted by Gasteiger charge is -2.09. The zero-order valence-electron chi connectivity index (χ0n) is 5.22. The van der Waals surface area contributed by atoms with Gasteiger partial charge >= 0.3 is 0 Å². The SMILES string of the molecule is C#CC(C#C)(C=C)C=C. The third-order valence-corrected chi connectivity index (χ3v) is 1.12. The predicted octanol–water partition coefficient (Wildman–Crippen LogP) is 1.61. The van der Waals surface area contributed by atoms with Gasteiger partial charge in [0.15, 0.2) is 0 Å². The van der Waals surface area contributed by atoms with Gasteiger partial charge < -0.3 is 0 Å². The van der Waals surface area contributed by atoms with Gasteiger partial charge in [0.05, 0.1) is 0 Å². The van der Waals surface area contributed by atoms with Crippen LogP contribution in [0.5, 0.6) is 0 Å². The fraction of sp³-hybridized carbons (Fsp3) is 0.111. The van der Waals surface area contributed by atoms with Crippen molar-refractivity contribution < 1.29 is 0 Å². The number of terminal acetylenes is 2. The van der Waals surface area contributed by atoms with Crippen LogP contribution in [0.2, 0.25) is 0 Å². The summed E-state index contributed by atoms with van der Waals surface area (Å²) in [6.07, 6.45) is 13.2. The normalized spacial score (nSPS) is 8.67. The van der Waals surface area contributed by atoms with Crippen molar-refractivity contribution >= 4 is 0 Å². The van der Waals surface area contributed by atoms with Crippen molar-refractivity contribution in [3.63, 3.8) is 0 Å². The zero-order chi connectivity index (χ0) is 7.33. The molecule has 0 amide bonds. The molecule has 0 bridgehead atoms. The summed E-state index contributed by atoms with van der Waals surface area (Å²) in [5.74, 6) is 4.78. The van der Waals surface area contributed by atoms with Crippen LogP contribution in [0, 0.1) is 30.1 Å². The Hall–Kier alpha value is -1.40. The second-order valence-electron chi connectivity index (χ2n) is 1.57. The third kappa shape index (κ3) is 1.24. The van der Waals surface area contributed by atoms with Gasteiger partial charge in [-0.3, -0.25) is 0 Å². The topological polar surface area (TPSA) is 0 Å². The molecule has 0 spiro atoms. The predicted molar refractivity (Wildman–Crippen MR) is 40.5 cm³/mol. The minimum absolute atomic E-state index is 0.750. The summed E-state index contributed by atoms with van der Waals surface area (Å²) in [5, 5.41) is 0. The summed E-state index contributed by atoms with van der Waals surface area (Å²) in [6, 6.07) is 0. The first kappa shape index (κ1) is 7.60. The maximum absolute atomic E-state index is 5.10. The molecule has 0 aliphatic heterocycles. The summed E-state index contributed by atoms with van der Waals surface area (Å²) < 4.78 is 0. The number of hydrogen-bond acceptors (Lipinski definition) is 0. The molecular formula is C9H8. The van der Waals surface area contributed by atoms with Gasteiger partial charge in [0.2, 0.25) is 0 Å². The van der Waals surface area contributed by atoms with Crippen molar-refractivity contribution in [2.75, 3.05) is 0 Å². The van der Waals surface area contributed by atoms with E-state index in [-0.39, 0.29) is 0 Å². The van der Waals surface area contributed by atoms with Gasteiger partial charge in [0.25, 0.3) is 0 Å². The molecule has 0 rings (SSSR count). The molecule has 9 heavy (non-hydrogen) atoms. The zero-order valence-corrected chi connectivity index (χ0v) is 5.22. The van der Waals surface area contributed by atoms with E-state index in [0.29, 0.717) is 0 Å². The van der Waals surface area contributed by atoms with Crippen LogP contribution in [0.4, 0.5) is 0 Å². The first-order valence-corrected chi connectivity index (χ1v) is 2.47. The Morgan fingerprint density at radius 3 is 1.44 bits per heavy atom. The van der Waals surface area contributed by atoms with Gasteiger partial charge in [0.1, 0.15) is 5.41 Å². The highest BCUT2D eigenvalue weighted by atomic mass is 14.1. The molecule has 0 saturated heterocycles. The van der Waals surface area contributed by atoms with Gasteiger partial charge in [-0.05, 0) is 0 Å². The highest BCUT2D eigenvalue weighted by Crippen LogP contribution is 2.15. The smallest absolute Gasteiger partial charge is 0.118 e. The Balaban J connectivity index is 4.68. The molecule has 44 valence electrons. The summed E-state index contributed by atoms with van der Waals surface area (Å²) in [6.45, 7) is 6.98. The summed E-state index contributed by atoms with van der Waals surface area (Å²) in [5.41, 5.74) is -0.750. The number of rotatable bonds is 2. The molecule has 0 aromatic heterocycles. The Bertz CT molecular complexity index is 171. The summed E-state index contributed by atoms with van der Waals surface area (Å²) in [7, 11) is 0. The fourth-order valence-corrected chi connectivity index (χ4v) is 0.361. The molecule has 0 fully saturated rings. The number of allylic oxidation sites excluding steroid dienone is 2. The van der Waals surface area contributed by atoms with Crippen LogP contribution >= 0.6 is 0 Å². The Morgan fingerprint density at radius 2 is 1.44 bits per heavy atom. The molecular weight excluding hydrogens is 108 g/mol. The molecule has 0 aromatic rings. The second kappa shape index (κ2) is 2.80. The van der Waals surface area contributed by atoms with Crippen molar-refractivity contribution in [1.29, 1.82) is 0 Å². The van der Waals surface area contributed by atoms with Crippen LogP contribution in [0.15, 0.2) is 25.3 Å². The molecule has 0 aliphatic rings. The van der Waals surface area contributed by atoms with E-state index in [2.05, 4.69) is 25.0 Å². The second-order valence-corrected chi connectivity index (χ2v) is 1.57. The first-order valence-electron chi connectivity index (χ1n) is 2.47. The van der Waals surface area contributed by atoms with Crippen molar-refractivity contribution in [3.8, 4) is 24.7 Å². The van der Waals surface area contributed by atoms with E-state index in [4.69, 9.17) is 12.8 Å². The van der Waals surface area contributed by atoms with E-state index in [9.17, 15) is 0 Å². The molecule has 0 aliphatic carbocycles. The van der Waals surface area contributed by atoms with Crippen LogP contribution in [0.3, 0.4) is 0 Å². The van der Waals surface area contributed by atoms with E-state index >= 15 is 0 Å². The largest absolute Gasteiger partial charge is 0.127 e. The maximum Gasteiger partial charge on any atom is 0.127 e. The molecule has 0 unspecified atom stereocenters. The molecule has 0 atom stereocenters. The molecule has 0 N–H and O–H groups in total. The van der Waals surface area contributed by atoms with Gasteiger partial charge in [0, 0.05) is 0 Å². The van der Waals surface area contributed by atoms with Crippen molar-refractivity contribution in [2.45, 2.75) is 0 Å². The lowest BCUT2D eigenvalue weighted by Crippen LogP contribution is -2.06. The van der Waals surface area contributed by atoms with E-state index < -0.39 is 5.41 Å². The minimum atomic E-state index is -0.750. The van der Waals surface area contributed by atoms with Crippen LogP contribution < -0.4 is 0 Å². The van der Waals surface area contributed by atoms with Crippen molar-refractivity contribution in [3.05, 3.63) is 25.3 Å². The highest BCUT2D eigenvalue weighted by Gasteiger charge is 2.13. The van der Waals surface area contributed by atoms with Crippen LogP contribution in [0.25, 0.3) is 0 Å². The quantitative estimate of drug-likeness (QED) is 0.380. The van der Waals surface area contributed by atoms with Gasteiger partial charge in [-0.2, -0.15) is 0 Å². The van der Waals surface area contributed by atoms with E-state index in [1.807, 2.05) is 0 Å². The molecule has 0 radical (unpaired) electrons. The van der Waals surface area contributed by atoms with Gasteiger partial charge in [-0.25, -0.2) is 0 Å². The van der Waals surface area contributed by atoms with E-state index in [1.54, 1.807) is 0 Å². The van der Waals surface area contributed by atoms with Crippen molar-refractivity contribution in [2.24, 2.45) is 5.41 Å². The highest BCUT2D eigenvalue weighted by molar-refractivity contribution is 5.35. The average molecular weight is 116 g/mol. The first-order chi connectivity index (χ1) is 4.24. The molecule has 0 heteroatoms. The van der Waals surface area contributed by atoms with Crippen molar-refractivity contribution in [1.82, 2.24) is 0 Å². The van der Waals surface area contributed by atoms with Crippen LogP contribution in [-0.4, -0.2) is 0 Å². The Labute approximate surface area is 56.3 Å². The molecule has 0 saturated carbocycles. The molecule has 0 nitrogen and oxygen atoms in total. The van der Waals surface area contributed by atoms with E-state index in [0.717, 1.165) is 0 Å². The number of hydrogen-bond donors (Lipinski definition) is 0. The maximum atomic E-state index is 5.10. The minimum Gasteiger partial charge on any atom is -0.118 e.